The van der Waals surface area contributed by atoms with E-state index in [9.17, 15) is 0 Å². The van der Waals surface area contributed by atoms with Crippen molar-refractivity contribution in [3.8, 4) is 55.6 Å². The molecule has 0 radical (unpaired) electrons. The van der Waals surface area contributed by atoms with E-state index in [0.29, 0.717) is 11.4 Å². The summed E-state index contributed by atoms with van der Waals surface area (Å²) >= 11 is 0. The number of para-hydroxylation sites is 1. The van der Waals surface area contributed by atoms with Crippen LogP contribution >= 0.6 is 0 Å². The SMILES string of the molecule is [C-]#[N+]c1ccc2c(c1)C1(c3ccccc3-2)c2cc([N+]#[C-])ccc2-c2cccc(-c3ccccc3N(c3ccc(-c4ccccc4)cc3)c3ccc4c(c3)C(C)(C)c3ccccc3-4)c21. The maximum atomic E-state index is 8.15. The van der Waals surface area contributed by atoms with Gasteiger partial charge in [-0.05, 0) is 114 Å². The molecule has 9 aromatic carbocycles. The Morgan fingerprint density at radius 1 is 0.365 bits per heavy atom. The predicted octanol–water partition coefficient (Wildman–Crippen LogP) is 16.2. The van der Waals surface area contributed by atoms with Crippen LogP contribution in [-0.4, -0.2) is 0 Å². The lowest BCUT2D eigenvalue weighted by atomic mass is 9.68. The Morgan fingerprint density at radius 3 is 1.52 bits per heavy atom. The molecule has 0 heterocycles. The fourth-order valence-corrected chi connectivity index (χ4v) is 11.2. The molecule has 12 rings (SSSR count). The lowest BCUT2D eigenvalue weighted by molar-refractivity contribution is 0.660. The van der Waals surface area contributed by atoms with Crippen molar-refractivity contribution >= 4 is 28.4 Å². The fraction of sp³-hybridized carbons (Fsp3) is 0.0667. The largest absolute Gasteiger partial charge is 0.310 e. The van der Waals surface area contributed by atoms with Gasteiger partial charge in [-0.1, -0.05) is 184 Å². The third-order valence-electron chi connectivity index (χ3n) is 13.9. The molecule has 0 saturated carbocycles. The summed E-state index contributed by atoms with van der Waals surface area (Å²) < 4.78 is 0. The average molecular weight is 802 g/mol. The van der Waals surface area contributed by atoms with Gasteiger partial charge in [-0.3, -0.25) is 0 Å². The zero-order valence-electron chi connectivity index (χ0n) is 34.9. The van der Waals surface area contributed by atoms with Crippen LogP contribution in [0.4, 0.5) is 28.4 Å². The summed E-state index contributed by atoms with van der Waals surface area (Å²) in [5.41, 5.74) is 22.3. The molecule has 3 aliphatic carbocycles. The maximum Gasteiger partial charge on any atom is 0.187 e. The van der Waals surface area contributed by atoms with Crippen molar-refractivity contribution in [2.75, 3.05) is 4.90 Å². The number of benzene rings is 9. The van der Waals surface area contributed by atoms with E-state index in [2.05, 4.69) is 216 Å². The minimum Gasteiger partial charge on any atom is -0.310 e. The summed E-state index contributed by atoms with van der Waals surface area (Å²) in [6, 6.07) is 71.9. The highest BCUT2D eigenvalue weighted by molar-refractivity contribution is 6.02. The maximum absolute atomic E-state index is 8.15. The molecule has 1 spiro atoms. The minimum atomic E-state index is -0.771. The van der Waals surface area contributed by atoms with Crippen LogP contribution in [0.1, 0.15) is 47.2 Å². The molecule has 0 aromatic heterocycles. The second-order valence-corrected chi connectivity index (χ2v) is 17.4. The van der Waals surface area contributed by atoms with Crippen molar-refractivity contribution in [2.24, 2.45) is 0 Å². The third-order valence-corrected chi connectivity index (χ3v) is 13.9. The third kappa shape index (κ3) is 5.12. The Labute approximate surface area is 368 Å². The lowest BCUT2D eigenvalue weighted by Crippen LogP contribution is -2.26. The molecule has 0 aliphatic heterocycles. The molecule has 0 bridgehead atoms. The number of rotatable bonds is 5. The van der Waals surface area contributed by atoms with Crippen LogP contribution in [0.15, 0.2) is 200 Å². The monoisotopic (exact) mass is 801 g/mol. The van der Waals surface area contributed by atoms with Crippen LogP contribution in [-0.2, 0) is 10.8 Å². The van der Waals surface area contributed by atoms with Crippen molar-refractivity contribution in [1.29, 1.82) is 0 Å². The Hall–Kier alpha value is -8.24. The van der Waals surface area contributed by atoms with Gasteiger partial charge in [0, 0.05) is 22.4 Å². The van der Waals surface area contributed by atoms with Crippen LogP contribution in [0, 0.1) is 13.1 Å². The van der Waals surface area contributed by atoms with Gasteiger partial charge in [-0.25, -0.2) is 9.69 Å². The first kappa shape index (κ1) is 36.6. The zero-order valence-corrected chi connectivity index (χ0v) is 34.9. The Balaban J connectivity index is 1.13. The first-order valence-corrected chi connectivity index (χ1v) is 21.5. The van der Waals surface area contributed by atoms with E-state index in [1.54, 1.807) is 0 Å². The van der Waals surface area contributed by atoms with Crippen molar-refractivity contribution in [2.45, 2.75) is 24.7 Å². The lowest BCUT2D eigenvalue weighted by Gasteiger charge is -2.34. The first-order chi connectivity index (χ1) is 30.9. The van der Waals surface area contributed by atoms with E-state index in [-0.39, 0.29) is 5.41 Å². The fourth-order valence-electron chi connectivity index (χ4n) is 11.2. The van der Waals surface area contributed by atoms with E-state index in [4.69, 9.17) is 13.1 Å². The highest BCUT2D eigenvalue weighted by Crippen LogP contribution is 2.66. The second kappa shape index (κ2) is 13.6. The van der Waals surface area contributed by atoms with Crippen LogP contribution in [0.2, 0.25) is 0 Å². The van der Waals surface area contributed by atoms with Crippen molar-refractivity contribution in [3.63, 3.8) is 0 Å². The summed E-state index contributed by atoms with van der Waals surface area (Å²) in [7, 11) is 0. The number of fused-ring (bicyclic) bond motifs is 13. The highest BCUT2D eigenvalue weighted by atomic mass is 15.1. The van der Waals surface area contributed by atoms with E-state index in [0.717, 1.165) is 67.1 Å². The van der Waals surface area contributed by atoms with Gasteiger partial charge in [0.2, 0.25) is 0 Å². The summed E-state index contributed by atoms with van der Waals surface area (Å²) in [5, 5.41) is 0. The van der Waals surface area contributed by atoms with Crippen LogP contribution in [0.3, 0.4) is 0 Å². The van der Waals surface area contributed by atoms with Crippen LogP contribution in [0.25, 0.3) is 65.3 Å². The van der Waals surface area contributed by atoms with Gasteiger partial charge in [0.1, 0.15) is 0 Å². The molecule has 0 saturated heterocycles. The first-order valence-electron chi connectivity index (χ1n) is 21.5. The molecule has 294 valence electrons. The second-order valence-electron chi connectivity index (χ2n) is 17.4. The topological polar surface area (TPSA) is 12.0 Å². The number of hydrogen-bond acceptors (Lipinski definition) is 1. The molecule has 1 atom stereocenters. The smallest absolute Gasteiger partial charge is 0.187 e. The van der Waals surface area contributed by atoms with Gasteiger partial charge in [0.15, 0.2) is 11.4 Å². The highest BCUT2D eigenvalue weighted by Gasteiger charge is 2.53. The normalized spacial score (nSPS) is 15.3. The molecule has 3 heteroatoms. The van der Waals surface area contributed by atoms with Gasteiger partial charge < -0.3 is 4.90 Å². The molecule has 1 unspecified atom stereocenters. The van der Waals surface area contributed by atoms with Crippen molar-refractivity contribution in [1.82, 2.24) is 0 Å². The average Bonchev–Trinajstić information content (AvgIpc) is 3.90. The molecule has 0 N–H and O–H groups in total. The van der Waals surface area contributed by atoms with Crippen LogP contribution in [0.5, 0.6) is 0 Å². The molecule has 0 fully saturated rings. The molecular weight excluding hydrogens is 763 g/mol. The Kier molecular flexibility index (Phi) is 7.92. The van der Waals surface area contributed by atoms with Gasteiger partial charge in [-0.15, -0.1) is 0 Å². The van der Waals surface area contributed by atoms with E-state index in [1.165, 1.54) is 38.9 Å². The molecule has 0 amide bonds. The van der Waals surface area contributed by atoms with E-state index in [1.807, 2.05) is 12.1 Å². The van der Waals surface area contributed by atoms with Gasteiger partial charge in [0.05, 0.1) is 24.2 Å². The van der Waals surface area contributed by atoms with E-state index >= 15 is 0 Å². The van der Waals surface area contributed by atoms with E-state index < -0.39 is 5.41 Å². The Morgan fingerprint density at radius 2 is 0.841 bits per heavy atom. The standard InChI is InChI=1S/C60H39N3/c1-59(2)52-22-11-8-17-44(52)46-34-31-43(37-54(46)59)63(42-29-25-39(26-30-42)38-15-6-5-7-16-38)57-24-13-10-19-49(57)51-21-14-20-50-48-33-28-41(62-4)36-56(48)60(58(50)51)53-23-12-9-18-45(53)47-32-27-40(61-3)35-55(47)60/h5-37H,1-2H3. The van der Waals surface area contributed by atoms with Crippen molar-refractivity contribution < 1.29 is 0 Å². The predicted molar refractivity (Wildman–Crippen MR) is 258 cm³/mol. The minimum absolute atomic E-state index is 0.180. The summed E-state index contributed by atoms with van der Waals surface area (Å²) in [5.74, 6) is 0. The van der Waals surface area contributed by atoms with Crippen molar-refractivity contribution in [3.05, 3.63) is 256 Å². The molecular formula is C60H39N3. The van der Waals surface area contributed by atoms with Crippen LogP contribution < -0.4 is 4.90 Å². The number of nitrogens with zero attached hydrogens (tertiary/aromatic N) is 3. The Bertz CT molecular complexity index is 3430. The molecule has 3 aliphatic rings. The zero-order chi connectivity index (χ0) is 42.5. The van der Waals surface area contributed by atoms with Gasteiger partial charge >= 0.3 is 0 Å². The molecule has 3 nitrogen and oxygen atoms in total. The van der Waals surface area contributed by atoms with Gasteiger partial charge in [0.25, 0.3) is 0 Å². The quantitative estimate of drug-likeness (QED) is 0.158. The van der Waals surface area contributed by atoms with Gasteiger partial charge in [-0.2, -0.15) is 0 Å². The molecule has 63 heavy (non-hydrogen) atoms. The molecule has 9 aromatic rings. The number of hydrogen-bond donors (Lipinski definition) is 0. The summed E-state index contributed by atoms with van der Waals surface area (Å²) in [4.78, 5) is 10.4. The summed E-state index contributed by atoms with van der Waals surface area (Å²) in [6.45, 7) is 21.0. The summed E-state index contributed by atoms with van der Waals surface area (Å²) in [6.07, 6.45) is 0. The number of anilines is 3.